The van der Waals surface area contributed by atoms with Gasteiger partial charge in [-0.25, -0.2) is 0 Å². The Bertz CT molecular complexity index is 993. The predicted molar refractivity (Wildman–Crippen MR) is 180 cm³/mol. The van der Waals surface area contributed by atoms with Crippen LogP contribution in [0.4, 0.5) is 0 Å². The van der Waals surface area contributed by atoms with Gasteiger partial charge in [-0.1, -0.05) is 121 Å². The van der Waals surface area contributed by atoms with Gasteiger partial charge in [0.1, 0.15) is 17.2 Å². The minimum Gasteiger partial charge on any atom is -0.490 e. The second kappa shape index (κ2) is 24.6. The normalized spacial score (nSPS) is 9.68. The van der Waals surface area contributed by atoms with E-state index < -0.39 is 0 Å². The smallest absolute Gasteiger partial charge is 0.126 e. The van der Waals surface area contributed by atoms with E-state index in [0.29, 0.717) is 0 Å². The summed E-state index contributed by atoms with van der Waals surface area (Å²) in [5.41, 5.74) is 3.18. The van der Waals surface area contributed by atoms with Gasteiger partial charge in [-0.15, -0.1) is 0 Å². The maximum atomic E-state index is 5.85. The van der Waals surface area contributed by atoms with Crippen molar-refractivity contribution in [3.8, 4) is 17.2 Å². The van der Waals surface area contributed by atoms with E-state index in [1.165, 1.54) is 0 Å². The first-order chi connectivity index (χ1) is 19.3. The molecule has 0 aliphatic carbocycles. The second-order valence-electron chi connectivity index (χ2n) is 8.65. The molecule has 0 radical (unpaired) electrons. The highest BCUT2D eigenvalue weighted by atomic mass is 16.5. The number of rotatable bonds is 9. The van der Waals surface area contributed by atoms with Crippen molar-refractivity contribution in [3.05, 3.63) is 96.1 Å². The molecule has 0 N–H and O–H groups in total. The molecule has 0 spiro atoms. The standard InChI is InChI=1S/C20H24O2.C11H14O.3C2H6/c1-15(2)21-19-11-7-5-9-17(19)13-14-18-10-6-8-12-20(18)22-16(3)4;1-4-10-7-5-6-8-11(10)12-9(2)3;3*1-2/h5-16H,1-4H3;4-9H,1H2,2-3H3;3*1-2H3/b14-13+;;;;. The molecule has 3 nitrogen and oxygen atoms in total. The Hall–Kier alpha value is -3.46. The fraction of sp³-hybridized carbons (Fsp3) is 0.405. The summed E-state index contributed by atoms with van der Waals surface area (Å²) in [5.74, 6) is 2.70. The molecular formula is C37H56O3. The van der Waals surface area contributed by atoms with Gasteiger partial charge in [-0.3, -0.25) is 0 Å². The number of para-hydroxylation sites is 3. The summed E-state index contributed by atoms with van der Waals surface area (Å²) in [6.07, 6.45) is 6.47. The Kier molecular flexibility index (Phi) is 23.8. The summed E-state index contributed by atoms with van der Waals surface area (Å²) in [5, 5.41) is 0. The van der Waals surface area contributed by atoms with Crippen molar-refractivity contribution < 1.29 is 14.2 Å². The third kappa shape index (κ3) is 16.5. The van der Waals surface area contributed by atoms with E-state index in [2.05, 4.69) is 30.9 Å². The van der Waals surface area contributed by atoms with E-state index in [-0.39, 0.29) is 18.3 Å². The van der Waals surface area contributed by atoms with Crippen molar-refractivity contribution in [1.82, 2.24) is 0 Å². The monoisotopic (exact) mass is 548 g/mol. The van der Waals surface area contributed by atoms with E-state index in [4.69, 9.17) is 14.2 Å². The van der Waals surface area contributed by atoms with Crippen molar-refractivity contribution in [2.45, 2.75) is 101 Å². The lowest BCUT2D eigenvalue weighted by Gasteiger charge is -2.13. The van der Waals surface area contributed by atoms with Gasteiger partial charge in [-0.05, 0) is 59.7 Å². The summed E-state index contributed by atoms with van der Waals surface area (Å²) in [7, 11) is 0. The van der Waals surface area contributed by atoms with Crippen LogP contribution < -0.4 is 14.2 Å². The number of hydrogen-bond donors (Lipinski definition) is 0. The van der Waals surface area contributed by atoms with E-state index in [1.54, 1.807) is 6.08 Å². The molecule has 0 saturated carbocycles. The highest BCUT2D eigenvalue weighted by Crippen LogP contribution is 2.25. The molecule has 0 heterocycles. The highest BCUT2D eigenvalue weighted by Gasteiger charge is 2.05. The largest absolute Gasteiger partial charge is 0.490 e. The molecule has 0 bridgehead atoms. The maximum Gasteiger partial charge on any atom is 0.126 e. The molecule has 222 valence electrons. The minimum atomic E-state index is 0.158. The van der Waals surface area contributed by atoms with Crippen LogP contribution in [0.15, 0.2) is 79.4 Å². The van der Waals surface area contributed by atoms with Gasteiger partial charge in [0.2, 0.25) is 0 Å². The molecule has 40 heavy (non-hydrogen) atoms. The van der Waals surface area contributed by atoms with Gasteiger partial charge in [0.15, 0.2) is 0 Å². The van der Waals surface area contributed by atoms with Gasteiger partial charge in [0, 0.05) is 16.7 Å². The van der Waals surface area contributed by atoms with E-state index in [1.807, 2.05) is 144 Å². The second-order valence-corrected chi connectivity index (χ2v) is 8.65. The molecule has 0 fully saturated rings. The summed E-state index contributed by atoms with van der Waals surface area (Å²) in [6, 6.07) is 24.0. The van der Waals surface area contributed by atoms with Crippen LogP contribution in [0.5, 0.6) is 17.2 Å². The lowest BCUT2D eigenvalue weighted by Crippen LogP contribution is -2.06. The van der Waals surface area contributed by atoms with Crippen LogP contribution >= 0.6 is 0 Å². The fourth-order valence-electron chi connectivity index (χ4n) is 3.15. The molecule has 0 atom stereocenters. The Morgan fingerprint density at radius 3 is 0.975 bits per heavy atom. The Labute approximate surface area is 246 Å². The van der Waals surface area contributed by atoms with Crippen LogP contribution in [-0.2, 0) is 0 Å². The number of ether oxygens (including phenoxy) is 3. The predicted octanol–water partition coefficient (Wildman–Crippen LogP) is 11.6. The first kappa shape index (κ1) is 38.7. The summed E-state index contributed by atoms with van der Waals surface area (Å²) in [6.45, 7) is 27.9. The lowest BCUT2D eigenvalue weighted by atomic mass is 10.1. The average Bonchev–Trinajstić information content (AvgIpc) is 2.96. The summed E-state index contributed by atoms with van der Waals surface area (Å²) >= 11 is 0. The van der Waals surface area contributed by atoms with Gasteiger partial charge < -0.3 is 14.2 Å². The number of hydrogen-bond acceptors (Lipinski definition) is 3. The quantitative estimate of drug-likeness (QED) is 0.249. The van der Waals surface area contributed by atoms with Crippen LogP contribution in [0.1, 0.15) is 99.8 Å². The molecule has 3 rings (SSSR count). The zero-order valence-corrected chi connectivity index (χ0v) is 27.3. The van der Waals surface area contributed by atoms with Crippen molar-refractivity contribution in [3.63, 3.8) is 0 Å². The zero-order valence-electron chi connectivity index (χ0n) is 27.3. The topological polar surface area (TPSA) is 27.7 Å². The van der Waals surface area contributed by atoms with E-state index in [0.717, 1.165) is 33.9 Å². The summed E-state index contributed by atoms with van der Waals surface area (Å²) in [4.78, 5) is 0. The first-order valence-corrected chi connectivity index (χ1v) is 14.9. The third-order valence-electron chi connectivity index (χ3n) is 4.51. The molecule has 3 aromatic carbocycles. The van der Waals surface area contributed by atoms with Crippen molar-refractivity contribution in [2.75, 3.05) is 0 Å². The van der Waals surface area contributed by atoms with Crippen LogP contribution in [0, 0.1) is 0 Å². The zero-order chi connectivity index (χ0) is 30.9. The van der Waals surface area contributed by atoms with Crippen molar-refractivity contribution >= 4 is 18.2 Å². The first-order valence-electron chi connectivity index (χ1n) is 14.9. The molecule has 0 aromatic heterocycles. The highest BCUT2D eigenvalue weighted by molar-refractivity contribution is 5.74. The third-order valence-corrected chi connectivity index (χ3v) is 4.51. The van der Waals surface area contributed by atoms with Crippen LogP contribution in [0.2, 0.25) is 0 Å². The molecule has 3 aromatic rings. The van der Waals surface area contributed by atoms with Crippen molar-refractivity contribution in [2.24, 2.45) is 0 Å². The SMILES string of the molecule is C=Cc1ccccc1OC(C)C.CC.CC.CC.CC(C)Oc1ccccc1/C=C/c1ccccc1OC(C)C. The van der Waals surface area contributed by atoms with E-state index >= 15 is 0 Å². The fourth-order valence-corrected chi connectivity index (χ4v) is 3.15. The molecular weight excluding hydrogens is 492 g/mol. The molecule has 0 amide bonds. The summed E-state index contributed by atoms with van der Waals surface area (Å²) < 4.78 is 17.3. The van der Waals surface area contributed by atoms with Crippen LogP contribution in [0.3, 0.4) is 0 Å². The number of benzene rings is 3. The van der Waals surface area contributed by atoms with Crippen LogP contribution in [-0.4, -0.2) is 18.3 Å². The van der Waals surface area contributed by atoms with E-state index in [9.17, 15) is 0 Å². The maximum absolute atomic E-state index is 5.85. The van der Waals surface area contributed by atoms with Gasteiger partial charge in [-0.2, -0.15) is 0 Å². The minimum absolute atomic E-state index is 0.158. The van der Waals surface area contributed by atoms with Gasteiger partial charge >= 0.3 is 0 Å². The van der Waals surface area contributed by atoms with Gasteiger partial charge in [0.25, 0.3) is 0 Å². The Morgan fingerprint density at radius 1 is 0.450 bits per heavy atom. The Balaban J connectivity index is 0. The molecule has 0 aliphatic heterocycles. The van der Waals surface area contributed by atoms with Crippen LogP contribution in [0.25, 0.3) is 18.2 Å². The molecule has 0 unspecified atom stereocenters. The molecule has 0 aliphatic rings. The lowest BCUT2D eigenvalue weighted by molar-refractivity contribution is 0.241. The molecule has 0 saturated heterocycles. The Morgan fingerprint density at radius 2 is 0.700 bits per heavy atom. The average molecular weight is 549 g/mol. The van der Waals surface area contributed by atoms with Gasteiger partial charge in [0.05, 0.1) is 18.3 Å². The van der Waals surface area contributed by atoms with Crippen molar-refractivity contribution in [1.29, 1.82) is 0 Å². The molecule has 3 heteroatoms.